The number of aliphatic hydroxyl groups excluding tert-OH is 1. The van der Waals surface area contributed by atoms with Crippen LogP contribution in [-0.4, -0.2) is 70.3 Å². The van der Waals surface area contributed by atoms with E-state index in [0.29, 0.717) is 32.2 Å². The minimum atomic E-state index is -1.02. The molecule has 164 valence electrons. The molecule has 5 atom stereocenters. The Bertz CT molecular complexity index is 689. The fourth-order valence-corrected chi connectivity index (χ4v) is 5.39. The number of hydrogen-bond donors (Lipinski definition) is 2. The van der Waals surface area contributed by atoms with Crippen molar-refractivity contribution in [2.45, 2.75) is 83.1 Å². The summed E-state index contributed by atoms with van der Waals surface area (Å²) in [6.45, 7) is 9.86. The Labute approximate surface area is 172 Å². The highest BCUT2D eigenvalue weighted by Crippen LogP contribution is 2.63. The number of likely N-dealkylation sites (tertiary alicyclic amines) is 1. The molecular weight excluding hydrogens is 376 g/mol. The van der Waals surface area contributed by atoms with Gasteiger partial charge in [-0.15, -0.1) is 0 Å². The first-order valence-electron chi connectivity index (χ1n) is 10.6. The average molecular weight is 411 g/mol. The van der Waals surface area contributed by atoms with E-state index in [1.54, 1.807) is 11.8 Å². The average Bonchev–Trinajstić information content (AvgIpc) is 3.15. The van der Waals surface area contributed by atoms with Gasteiger partial charge >= 0.3 is 5.97 Å². The zero-order chi connectivity index (χ0) is 21.6. The van der Waals surface area contributed by atoms with Crippen LogP contribution in [0.1, 0.15) is 60.3 Å². The second-order valence-electron chi connectivity index (χ2n) is 9.68. The fraction of sp³-hybridized carbons (Fsp3) is 0.857. The molecule has 2 N–H and O–H groups in total. The molecular formula is C21H34N2O6. The van der Waals surface area contributed by atoms with Gasteiger partial charge in [-0.3, -0.25) is 14.4 Å². The summed E-state index contributed by atoms with van der Waals surface area (Å²) in [5.41, 5.74) is -2.28. The van der Waals surface area contributed by atoms with Crippen molar-refractivity contribution in [1.29, 1.82) is 0 Å². The number of fused-ring (bicyclic) bond motifs is 1. The van der Waals surface area contributed by atoms with Crippen LogP contribution in [0.4, 0.5) is 0 Å². The Kier molecular flexibility index (Phi) is 5.73. The van der Waals surface area contributed by atoms with Crippen molar-refractivity contribution in [2.24, 2.45) is 11.8 Å². The molecule has 0 aliphatic carbocycles. The Morgan fingerprint density at radius 3 is 2.59 bits per heavy atom. The van der Waals surface area contributed by atoms with Crippen LogP contribution < -0.4 is 5.32 Å². The van der Waals surface area contributed by atoms with Crippen molar-refractivity contribution in [3.63, 3.8) is 0 Å². The number of rotatable bonds is 7. The Morgan fingerprint density at radius 2 is 2.00 bits per heavy atom. The van der Waals surface area contributed by atoms with Gasteiger partial charge in [-0.1, -0.05) is 0 Å². The smallest absolute Gasteiger partial charge is 0.312 e. The van der Waals surface area contributed by atoms with E-state index in [4.69, 9.17) is 14.6 Å². The molecule has 3 saturated heterocycles. The van der Waals surface area contributed by atoms with Gasteiger partial charge in [0.2, 0.25) is 11.8 Å². The van der Waals surface area contributed by atoms with Gasteiger partial charge in [0.15, 0.2) is 0 Å². The number of carbonyl (C=O) groups excluding carboxylic acids is 3. The lowest BCUT2D eigenvalue weighted by Gasteiger charge is -2.35. The predicted octanol–water partition coefficient (Wildman–Crippen LogP) is 1.00. The summed E-state index contributed by atoms with van der Waals surface area (Å²) in [6, 6.07) is -0.792. The first-order valence-corrected chi connectivity index (χ1v) is 10.6. The number of amides is 2. The minimum Gasteiger partial charge on any atom is -0.466 e. The van der Waals surface area contributed by atoms with Gasteiger partial charge in [-0.2, -0.15) is 0 Å². The molecule has 8 nitrogen and oxygen atoms in total. The predicted molar refractivity (Wildman–Crippen MR) is 105 cm³/mol. The number of aliphatic hydroxyl groups is 1. The first kappa shape index (κ1) is 22.0. The maximum absolute atomic E-state index is 13.5. The summed E-state index contributed by atoms with van der Waals surface area (Å²) >= 11 is 0. The van der Waals surface area contributed by atoms with Gasteiger partial charge in [0, 0.05) is 18.7 Å². The lowest BCUT2D eigenvalue weighted by molar-refractivity contribution is -0.159. The van der Waals surface area contributed by atoms with E-state index in [2.05, 4.69) is 5.32 Å². The second-order valence-corrected chi connectivity index (χ2v) is 9.68. The molecule has 0 saturated carbocycles. The molecule has 0 radical (unpaired) electrons. The fourth-order valence-electron chi connectivity index (χ4n) is 5.39. The van der Waals surface area contributed by atoms with Crippen molar-refractivity contribution in [2.75, 3.05) is 19.8 Å². The monoisotopic (exact) mass is 410 g/mol. The van der Waals surface area contributed by atoms with E-state index in [1.807, 2.05) is 27.7 Å². The Hall–Kier alpha value is -1.67. The minimum absolute atomic E-state index is 0.0233. The van der Waals surface area contributed by atoms with Gasteiger partial charge in [-0.05, 0) is 60.3 Å². The summed E-state index contributed by atoms with van der Waals surface area (Å²) in [4.78, 5) is 41.2. The number of esters is 1. The molecule has 8 heteroatoms. The lowest BCUT2D eigenvalue weighted by Crippen LogP contribution is -2.58. The largest absolute Gasteiger partial charge is 0.466 e. The van der Waals surface area contributed by atoms with Gasteiger partial charge in [-0.25, -0.2) is 0 Å². The highest BCUT2D eigenvalue weighted by molar-refractivity contribution is 5.98. The molecule has 3 rings (SSSR count). The summed E-state index contributed by atoms with van der Waals surface area (Å²) < 4.78 is 11.7. The second kappa shape index (κ2) is 7.54. The molecule has 29 heavy (non-hydrogen) atoms. The third kappa shape index (κ3) is 3.54. The van der Waals surface area contributed by atoms with Crippen LogP contribution in [0.5, 0.6) is 0 Å². The number of hydrogen-bond acceptors (Lipinski definition) is 6. The topological polar surface area (TPSA) is 105 Å². The van der Waals surface area contributed by atoms with Crippen molar-refractivity contribution >= 4 is 17.8 Å². The Morgan fingerprint density at radius 1 is 1.31 bits per heavy atom. The van der Waals surface area contributed by atoms with Crippen molar-refractivity contribution in [3.05, 3.63) is 0 Å². The lowest BCUT2D eigenvalue weighted by atomic mass is 9.66. The number of unbranched alkanes of at least 4 members (excludes halogenated alkanes) is 1. The van der Waals surface area contributed by atoms with Gasteiger partial charge in [0.1, 0.15) is 17.6 Å². The van der Waals surface area contributed by atoms with Crippen LogP contribution in [0.15, 0.2) is 0 Å². The van der Waals surface area contributed by atoms with Crippen LogP contribution in [0.2, 0.25) is 0 Å². The zero-order valence-electron chi connectivity index (χ0n) is 18.1. The molecule has 1 spiro atoms. The molecule has 2 bridgehead atoms. The normalized spacial score (nSPS) is 35.7. The molecule has 3 fully saturated rings. The maximum atomic E-state index is 13.5. The van der Waals surface area contributed by atoms with Crippen LogP contribution in [0.25, 0.3) is 0 Å². The van der Waals surface area contributed by atoms with Crippen LogP contribution >= 0.6 is 0 Å². The zero-order valence-corrected chi connectivity index (χ0v) is 18.1. The molecule has 3 aliphatic heterocycles. The van der Waals surface area contributed by atoms with E-state index in [9.17, 15) is 14.4 Å². The van der Waals surface area contributed by atoms with Crippen LogP contribution in [0, 0.1) is 11.8 Å². The third-order valence-corrected chi connectivity index (χ3v) is 6.37. The van der Waals surface area contributed by atoms with Crippen molar-refractivity contribution < 1.29 is 29.0 Å². The van der Waals surface area contributed by atoms with E-state index >= 15 is 0 Å². The highest BCUT2D eigenvalue weighted by atomic mass is 16.6. The van der Waals surface area contributed by atoms with Gasteiger partial charge in [0.25, 0.3) is 0 Å². The van der Waals surface area contributed by atoms with E-state index in [-0.39, 0.29) is 25.0 Å². The molecule has 0 aromatic heterocycles. The standard InChI is InChI=1S/C21H34N2O6/c1-6-28-18(27)14-13-17(26)23(11-7-8-12-24)15(16(25)22-19(2,3)4)21(13)10-9-20(14,5)29-21/h13-15,24H,6-12H2,1-5H3,(H,22,25)/t13-,14-,15?,20+,21?/m0/s1. The van der Waals surface area contributed by atoms with Gasteiger partial charge < -0.3 is 24.8 Å². The van der Waals surface area contributed by atoms with Crippen molar-refractivity contribution in [1.82, 2.24) is 10.2 Å². The van der Waals surface area contributed by atoms with Gasteiger partial charge in [0.05, 0.1) is 18.1 Å². The van der Waals surface area contributed by atoms with Crippen molar-refractivity contribution in [3.8, 4) is 0 Å². The van der Waals surface area contributed by atoms with Crippen LogP contribution in [0.3, 0.4) is 0 Å². The molecule has 0 aromatic rings. The molecule has 3 heterocycles. The SMILES string of the molecule is CCOC(=O)[C@@H]1[C@H]2C(=O)N(CCCCO)C(C(=O)NC(C)(C)C)C23CC[C@@]1(C)O3. The van der Waals surface area contributed by atoms with Crippen LogP contribution in [-0.2, 0) is 23.9 Å². The summed E-state index contributed by atoms with van der Waals surface area (Å²) in [5.74, 6) is -2.34. The quantitative estimate of drug-likeness (QED) is 0.479. The molecule has 2 unspecified atom stereocenters. The van der Waals surface area contributed by atoms with E-state index in [0.717, 1.165) is 0 Å². The molecule has 3 aliphatic rings. The molecule has 0 aromatic carbocycles. The number of nitrogens with one attached hydrogen (secondary N) is 1. The molecule has 2 amide bonds. The maximum Gasteiger partial charge on any atom is 0.312 e. The van der Waals surface area contributed by atoms with E-state index < -0.39 is 40.6 Å². The third-order valence-electron chi connectivity index (χ3n) is 6.37. The number of carbonyl (C=O) groups is 3. The number of nitrogens with zero attached hydrogens (tertiary/aromatic N) is 1. The van der Waals surface area contributed by atoms with E-state index in [1.165, 1.54) is 0 Å². The summed E-state index contributed by atoms with van der Waals surface area (Å²) in [7, 11) is 0. The summed E-state index contributed by atoms with van der Waals surface area (Å²) in [5, 5.41) is 12.1. The Balaban J connectivity index is 2.00. The highest BCUT2D eigenvalue weighted by Gasteiger charge is 2.78. The summed E-state index contributed by atoms with van der Waals surface area (Å²) in [6.07, 6.45) is 2.26. The first-order chi connectivity index (χ1) is 13.5. The number of ether oxygens (including phenoxy) is 2.